The summed E-state index contributed by atoms with van der Waals surface area (Å²) >= 11 is 0. The Hall–Kier alpha value is -1.68. The largest absolute Gasteiger partial charge is 0.488 e. The zero-order chi connectivity index (χ0) is 27.6. The fourth-order valence-electron chi connectivity index (χ4n) is 4.72. The molecule has 0 saturated carbocycles. The quantitative estimate of drug-likeness (QED) is 0.262. The topological polar surface area (TPSA) is 9.23 Å². The molecule has 200 valence electrons. The average molecular weight is 535 g/mol. The van der Waals surface area contributed by atoms with E-state index in [0.717, 1.165) is 12.2 Å². The Labute approximate surface area is 230 Å². The zero-order valence-electron chi connectivity index (χ0n) is 25.0. The highest BCUT2D eigenvalue weighted by Crippen LogP contribution is 2.52. The van der Waals surface area contributed by atoms with Crippen molar-refractivity contribution >= 4 is 27.1 Å². The van der Waals surface area contributed by atoms with Gasteiger partial charge in [0.1, 0.15) is 12.4 Å². The Morgan fingerprint density at radius 2 is 1.41 bits per heavy atom. The molecule has 0 aromatic heterocycles. The molecule has 0 aliphatic carbocycles. The fraction of sp³-hybridized carbons (Fsp3) is 0.471. The molecule has 3 heteroatoms. The Morgan fingerprint density at radius 1 is 0.784 bits per heavy atom. The standard InChI is InChI=1S/C34H48OP2/c1-12-34(9,36-31-24(2)17-16-20-29(31)37(10)11)28-22-26(32(3,4)5)21-27(33(6,7)8)30(28)35-23-25-18-14-13-15-19-25/h13-22,36H,12,23H2,1-11H3. The van der Waals surface area contributed by atoms with Crippen molar-refractivity contribution in [2.45, 2.75) is 91.3 Å². The molecular weight excluding hydrogens is 486 g/mol. The van der Waals surface area contributed by atoms with Crippen LogP contribution in [0.3, 0.4) is 0 Å². The second-order valence-electron chi connectivity index (χ2n) is 12.8. The Bertz CT molecular complexity index is 1200. The molecule has 0 radical (unpaired) electrons. The first-order valence-electron chi connectivity index (χ1n) is 13.6. The Balaban J connectivity index is 2.27. The van der Waals surface area contributed by atoms with Crippen molar-refractivity contribution in [2.24, 2.45) is 0 Å². The molecule has 2 unspecified atom stereocenters. The Kier molecular flexibility index (Phi) is 9.36. The van der Waals surface area contributed by atoms with Gasteiger partial charge >= 0.3 is 0 Å². The summed E-state index contributed by atoms with van der Waals surface area (Å²) in [6.07, 6.45) is 1.06. The minimum absolute atomic E-state index is 0.0283. The highest BCUT2D eigenvalue weighted by Gasteiger charge is 2.35. The number of aryl methyl sites for hydroxylation is 1. The molecule has 3 aromatic carbocycles. The van der Waals surface area contributed by atoms with Crippen molar-refractivity contribution in [3.63, 3.8) is 0 Å². The third kappa shape index (κ3) is 7.05. The van der Waals surface area contributed by atoms with Crippen LogP contribution in [0.4, 0.5) is 0 Å². The first kappa shape index (κ1) is 29.9. The van der Waals surface area contributed by atoms with Crippen LogP contribution in [0.1, 0.15) is 89.6 Å². The SMILES string of the molecule is CCC(C)(Pc1c(C)cccc1P(C)C)c1cc(C(C)(C)C)cc(C(C)(C)C)c1OCc1ccccc1. The van der Waals surface area contributed by atoms with Crippen molar-refractivity contribution in [1.82, 2.24) is 0 Å². The third-order valence-electron chi connectivity index (χ3n) is 7.42. The molecule has 0 saturated heterocycles. The molecule has 0 aliphatic rings. The monoisotopic (exact) mass is 534 g/mol. The lowest BCUT2D eigenvalue weighted by Gasteiger charge is -2.37. The van der Waals surface area contributed by atoms with Gasteiger partial charge in [-0.2, -0.15) is 0 Å². The van der Waals surface area contributed by atoms with Crippen molar-refractivity contribution < 1.29 is 4.74 Å². The summed E-state index contributed by atoms with van der Waals surface area (Å²) < 4.78 is 6.85. The van der Waals surface area contributed by atoms with Crippen LogP contribution in [-0.2, 0) is 22.6 Å². The van der Waals surface area contributed by atoms with E-state index >= 15 is 0 Å². The van der Waals surface area contributed by atoms with Gasteiger partial charge in [-0.25, -0.2) is 0 Å². The van der Waals surface area contributed by atoms with Crippen LogP contribution in [-0.4, -0.2) is 13.3 Å². The van der Waals surface area contributed by atoms with Crippen LogP contribution in [0.15, 0.2) is 60.7 Å². The van der Waals surface area contributed by atoms with E-state index in [9.17, 15) is 0 Å². The molecule has 0 amide bonds. The van der Waals surface area contributed by atoms with Crippen molar-refractivity contribution in [3.8, 4) is 5.75 Å². The van der Waals surface area contributed by atoms with E-state index in [-0.39, 0.29) is 23.9 Å². The van der Waals surface area contributed by atoms with Crippen LogP contribution in [0.2, 0.25) is 0 Å². The van der Waals surface area contributed by atoms with E-state index in [1.807, 2.05) is 0 Å². The van der Waals surface area contributed by atoms with Gasteiger partial charge in [-0.1, -0.05) is 133 Å². The minimum Gasteiger partial charge on any atom is -0.488 e. The average Bonchev–Trinajstić information content (AvgIpc) is 2.82. The van der Waals surface area contributed by atoms with Crippen LogP contribution in [0.25, 0.3) is 0 Å². The van der Waals surface area contributed by atoms with E-state index in [4.69, 9.17) is 4.74 Å². The molecule has 0 fully saturated rings. The lowest BCUT2D eigenvalue weighted by molar-refractivity contribution is 0.290. The maximum absolute atomic E-state index is 6.85. The fourth-order valence-corrected chi connectivity index (χ4v) is 8.11. The molecule has 3 aromatic rings. The summed E-state index contributed by atoms with van der Waals surface area (Å²) in [5.74, 6) is 1.09. The number of hydrogen-bond donors (Lipinski definition) is 0. The molecule has 0 spiro atoms. The highest BCUT2D eigenvalue weighted by molar-refractivity contribution is 7.66. The number of rotatable bonds is 8. The Morgan fingerprint density at radius 3 is 1.95 bits per heavy atom. The van der Waals surface area contributed by atoms with Crippen LogP contribution in [0, 0.1) is 6.92 Å². The minimum atomic E-state index is -0.178. The maximum atomic E-state index is 6.85. The van der Waals surface area contributed by atoms with Gasteiger partial charge in [-0.05, 0) is 64.8 Å². The first-order chi connectivity index (χ1) is 17.2. The normalized spacial score (nSPS) is 14.4. The van der Waals surface area contributed by atoms with Crippen molar-refractivity contribution in [2.75, 3.05) is 13.3 Å². The van der Waals surface area contributed by atoms with E-state index < -0.39 is 0 Å². The number of ether oxygens (including phenoxy) is 1. The van der Waals surface area contributed by atoms with Crippen LogP contribution >= 0.6 is 16.5 Å². The van der Waals surface area contributed by atoms with E-state index in [2.05, 4.69) is 136 Å². The van der Waals surface area contributed by atoms with E-state index in [1.165, 1.54) is 27.8 Å². The second-order valence-corrected chi connectivity index (χ2v) is 17.0. The number of hydrogen-bond acceptors (Lipinski definition) is 1. The van der Waals surface area contributed by atoms with Crippen LogP contribution < -0.4 is 15.3 Å². The summed E-state index contributed by atoms with van der Waals surface area (Å²) in [7, 11) is 0.502. The summed E-state index contributed by atoms with van der Waals surface area (Å²) in [6.45, 7) is 26.4. The van der Waals surface area contributed by atoms with Gasteiger partial charge in [0, 0.05) is 16.3 Å². The van der Waals surface area contributed by atoms with Crippen LogP contribution in [0.5, 0.6) is 5.75 Å². The maximum Gasteiger partial charge on any atom is 0.127 e. The zero-order valence-corrected chi connectivity index (χ0v) is 26.9. The molecule has 2 atom stereocenters. The molecule has 0 N–H and O–H groups in total. The molecule has 1 nitrogen and oxygen atoms in total. The van der Waals surface area contributed by atoms with Gasteiger partial charge in [-0.15, -0.1) is 0 Å². The number of benzene rings is 3. The summed E-state index contributed by atoms with van der Waals surface area (Å²) in [5.41, 5.74) is 6.72. The first-order valence-corrected chi connectivity index (χ1v) is 16.8. The lowest BCUT2D eigenvalue weighted by atomic mass is 9.77. The summed E-state index contributed by atoms with van der Waals surface area (Å²) in [5, 5.41) is 3.07. The summed E-state index contributed by atoms with van der Waals surface area (Å²) in [6, 6.07) is 22.3. The second kappa shape index (κ2) is 11.6. The predicted octanol–water partition coefficient (Wildman–Crippen LogP) is 9.17. The van der Waals surface area contributed by atoms with Gasteiger partial charge in [0.05, 0.1) is 0 Å². The van der Waals surface area contributed by atoms with Gasteiger partial charge in [0.25, 0.3) is 0 Å². The van der Waals surface area contributed by atoms with E-state index in [1.54, 1.807) is 10.6 Å². The molecular formula is C34H48OP2. The van der Waals surface area contributed by atoms with Crippen molar-refractivity contribution in [1.29, 1.82) is 0 Å². The van der Waals surface area contributed by atoms with Gasteiger partial charge in [0.15, 0.2) is 0 Å². The summed E-state index contributed by atoms with van der Waals surface area (Å²) in [4.78, 5) is 0. The van der Waals surface area contributed by atoms with Gasteiger partial charge in [-0.3, -0.25) is 0 Å². The molecule has 0 aliphatic heterocycles. The van der Waals surface area contributed by atoms with E-state index in [0.29, 0.717) is 15.2 Å². The smallest absolute Gasteiger partial charge is 0.127 e. The highest BCUT2D eigenvalue weighted by atomic mass is 31.1. The molecule has 3 rings (SSSR count). The third-order valence-corrected chi connectivity index (χ3v) is 11.1. The van der Waals surface area contributed by atoms with Crippen molar-refractivity contribution in [3.05, 3.63) is 88.5 Å². The molecule has 37 heavy (non-hydrogen) atoms. The molecule has 0 bridgehead atoms. The van der Waals surface area contributed by atoms with Gasteiger partial charge in [0.2, 0.25) is 0 Å². The van der Waals surface area contributed by atoms with Gasteiger partial charge < -0.3 is 4.74 Å². The molecule has 0 heterocycles. The lowest BCUT2D eigenvalue weighted by Crippen LogP contribution is -2.29. The predicted molar refractivity (Wildman–Crippen MR) is 170 cm³/mol.